The third kappa shape index (κ3) is 4.16. The highest BCUT2D eigenvalue weighted by Crippen LogP contribution is 2.33. The fourth-order valence-electron chi connectivity index (χ4n) is 1.42. The number of carboxylic acid groups (broad SMARTS) is 1. The molecule has 0 bridgehead atoms. The van der Waals surface area contributed by atoms with Crippen molar-refractivity contribution < 1.29 is 32.5 Å². The number of carboxylic acids is 1. The number of nitrogens with zero attached hydrogens (tertiary/aromatic N) is 1. The maximum atomic E-state index is 12.2. The zero-order chi connectivity index (χ0) is 14.6. The van der Waals surface area contributed by atoms with Gasteiger partial charge in [0.05, 0.1) is 25.6 Å². The van der Waals surface area contributed by atoms with Gasteiger partial charge in [-0.1, -0.05) is 0 Å². The van der Waals surface area contributed by atoms with E-state index in [0.29, 0.717) is 0 Å². The predicted molar refractivity (Wildman–Crippen MR) is 58.4 cm³/mol. The lowest BCUT2D eigenvalue weighted by Gasteiger charge is -2.16. The first-order valence-electron chi connectivity index (χ1n) is 4.86. The van der Waals surface area contributed by atoms with Crippen molar-refractivity contribution in [2.24, 2.45) is 0 Å². The van der Waals surface area contributed by atoms with Gasteiger partial charge in [0.1, 0.15) is 0 Å². The zero-order valence-corrected chi connectivity index (χ0v) is 10.4. The molecule has 1 rings (SSSR count). The number of hydrogen-bond donors (Lipinski definition) is 1. The number of carbonyl (C=O) groups is 1. The normalized spacial score (nSPS) is 11.2. The summed E-state index contributed by atoms with van der Waals surface area (Å²) in [5.74, 6) is -2.37. The average Bonchev–Trinajstić information content (AvgIpc) is 2.27. The first kappa shape index (κ1) is 15.4. The van der Waals surface area contributed by atoms with Crippen LogP contribution in [-0.4, -0.2) is 29.5 Å². The second kappa shape index (κ2) is 5.96. The largest absolute Gasteiger partial charge is 0.573 e. The fraction of sp³-hybridized carbons (Fsp3) is 0.400. The Hall–Kier alpha value is -1.70. The van der Waals surface area contributed by atoms with Gasteiger partial charge in [-0.25, -0.2) is 4.98 Å². The van der Waals surface area contributed by atoms with E-state index >= 15 is 0 Å². The van der Waals surface area contributed by atoms with E-state index in [4.69, 9.17) is 21.4 Å². The van der Waals surface area contributed by atoms with Crippen molar-refractivity contribution in [2.75, 3.05) is 7.11 Å². The number of ether oxygens (including phenoxy) is 2. The van der Waals surface area contributed by atoms with Gasteiger partial charge in [0.15, 0.2) is 5.75 Å². The number of aliphatic carboxylic acids is 1. The number of rotatable bonds is 5. The van der Waals surface area contributed by atoms with Crippen molar-refractivity contribution in [3.8, 4) is 11.6 Å². The van der Waals surface area contributed by atoms with Crippen LogP contribution in [0.2, 0.25) is 0 Å². The standard InChI is InChI=1S/C10H9ClF3NO4/c1-18-9-5(2-8(16)17)6(3-11)7(4-15-9)19-10(12,13)14/h4H,2-3H2,1H3,(H,16,17). The third-order valence-electron chi connectivity index (χ3n) is 2.10. The maximum Gasteiger partial charge on any atom is 0.573 e. The molecule has 0 amide bonds. The number of pyridine rings is 1. The summed E-state index contributed by atoms with van der Waals surface area (Å²) in [6.45, 7) is 0. The first-order valence-corrected chi connectivity index (χ1v) is 5.40. The summed E-state index contributed by atoms with van der Waals surface area (Å²) < 4.78 is 45.1. The van der Waals surface area contributed by atoms with Crippen LogP contribution < -0.4 is 9.47 Å². The highest BCUT2D eigenvalue weighted by Gasteiger charge is 2.33. The van der Waals surface area contributed by atoms with Crippen molar-refractivity contribution in [3.63, 3.8) is 0 Å². The molecular formula is C10H9ClF3NO4. The van der Waals surface area contributed by atoms with Gasteiger partial charge in [-0.2, -0.15) is 0 Å². The van der Waals surface area contributed by atoms with E-state index in [0.717, 1.165) is 6.20 Å². The van der Waals surface area contributed by atoms with E-state index in [-0.39, 0.29) is 22.9 Å². The van der Waals surface area contributed by atoms with E-state index in [1.807, 2.05) is 0 Å². The summed E-state index contributed by atoms with van der Waals surface area (Å²) in [4.78, 5) is 14.3. The summed E-state index contributed by atoms with van der Waals surface area (Å²) in [5.41, 5.74) is -0.167. The van der Waals surface area contributed by atoms with Gasteiger partial charge in [-0.05, 0) is 0 Å². The molecule has 0 radical (unpaired) electrons. The summed E-state index contributed by atoms with van der Waals surface area (Å²) >= 11 is 5.55. The van der Waals surface area contributed by atoms with Crippen LogP contribution in [0, 0.1) is 0 Å². The molecule has 1 aromatic heterocycles. The number of hydrogen-bond acceptors (Lipinski definition) is 4. The Kier molecular flexibility index (Phi) is 4.82. The highest BCUT2D eigenvalue weighted by molar-refractivity contribution is 6.17. The van der Waals surface area contributed by atoms with Gasteiger partial charge in [0.2, 0.25) is 5.88 Å². The minimum Gasteiger partial charge on any atom is -0.481 e. The van der Waals surface area contributed by atoms with Crippen LogP contribution in [-0.2, 0) is 17.1 Å². The molecule has 9 heteroatoms. The molecule has 0 saturated carbocycles. The van der Waals surface area contributed by atoms with Crippen LogP contribution in [0.5, 0.6) is 11.6 Å². The fourth-order valence-corrected chi connectivity index (χ4v) is 1.71. The Bertz CT molecular complexity index is 479. The van der Waals surface area contributed by atoms with E-state index in [9.17, 15) is 18.0 Å². The molecule has 1 aromatic rings. The molecule has 0 unspecified atom stereocenters. The Balaban J connectivity index is 3.31. The lowest BCUT2D eigenvalue weighted by molar-refractivity contribution is -0.275. The minimum absolute atomic E-state index is 0.0493. The summed E-state index contributed by atoms with van der Waals surface area (Å²) in [6.07, 6.45) is -4.71. The van der Waals surface area contributed by atoms with Gasteiger partial charge < -0.3 is 14.6 Å². The van der Waals surface area contributed by atoms with Crippen molar-refractivity contribution in [1.29, 1.82) is 0 Å². The molecule has 0 aliphatic rings. The van der Waals surface area contributed by atoms with E-state index in [1.54, 1.807) is 0 Å². The van der Waals surface area contributed by atoms with Crippen LogP contribution in [0.3, 0.4) is 0 Å². The number of alkyl halides is 4. The van der Waals surface area contributed by atoms with Crippen LogP contribution in [0.1, 0.15) is 11.1 Å². The Morgan fingerprint density at radius 2 is 2.11 bits per heavy atom. The summed E-state index contributed by atoms with van der Waals surface area (Å²) in [5, 5.41) is 8.74. The molecule has 0 aliphatic heterocycles. The number of halogens is 4. The maximum absolute atomic E-state index is 12.2. The Morgan fingerprint density at radius 1 is 1.47 bits per heavy atom. The van der Waals surface area contributed by atoms with E-state index in [1.165, 1.54) is 7.11 Å². The summed E-state index contributed by atoms with van der Waals surface area (Å²) in [6, 6.07) is 0. The average molecular weight is 300 g/mol. The molecule has 0 aromatic carbocycles. The summed E-state index contributed by atoms with van der Waals surface area (Å²) in [7, 11) is 1.22. The highest BCUT2D eigenvalue weighted by atomic mass is 35.5. The van der Waals surface area contributed by atoms with Gasteiger partial charge in [0.25, 0.3) is 0 Å². The predicted octanol–water partition coefficient (Wildman–Crippen LogP) is 2.35. The van der Waals surface area contributed by atoms with Crippen molar-refractivity contribution in [3.05, 3.63) is 17.3 Å². The zero-order valence-electron chi connectivity index (χ0n) is 9.62. The molecule has 0 spiro atoms. The molecule has 0 atom stereocenters. The van der Waals surface area contributed by atoms with E-state index in [2.05, 4.69) is 9.72 Å². The second-order valence-electron chi connectivity index (χ2n) is 3.34. The van der Waals surface area contributed by atoms with Crippen LogP contribution in [0.4, 0.5) is 13.2 Å². The van der Waals surface area contributed by atoms with Crippen LogP contribution >= 0.6 is 11.6 Å². The van der Waals surface area contributed by atoms with Crippen molar-refractivity contribution >= 4 is 17.6 Å². The van der Waals surface area contributed by atoms with Gasteiger partial charge in [-0.3, -0.25) is 4.79 Å². The van der Waals surface area contributed by atoms with Gasteiger partial charge in [0, 0.05) is 11.1 Å². The molecular weight excluding hydrogens is 291 g/mol. The molecule has 106 valence electrons. The van der Waals surface area contributed by atoms with Gasteiger partial charge >= 0.3 is 12.3 Å². The SMILES string of the molecule is COc1ncc(OC(F)(F)F)c(CCl)c1CC(=O)O. The third-order valence-corrected chi connectivity index (χ3v) is 2.37. The molecule has 0 aliphatic carbocycles. The molecule has 1 N–H and O–H groups in total. The Labute approximate surface area is 110 Å². The lowest BCUT2D eigenvalue weighted by Crippen LogP contribution is -2.19. The van der Waals surface area contributed by atoms with Crippen LogP contribution in [0.15, 0.2) is 6.20 Å². The molecule has 5 nitrogen and oxygen atoms in total. The number of aromatic nitrogens is 1. The molecule has 0 fully saturated rings. The number of methoxy groups -OCH3 is 1. The van der Waals surface area contributed by atoms with E-state index < -0.39 is 24.5 Å². The first-order chi connectivity index (χ1) is 8.78. The monoisotopic (exact) mass is 299 g/mol. The Morgan fingerprint density at radius 3 is 2.53 bits per heavy atom. The molecule has 1 heterocycles. The smallest absolute Gasteiger partial charge is 0.481 e. The quantitative estimate of drug-likeness (QED) is 0.845. The minimum atomic E-state index is -4.92. The molecule has 0 saturated heterocycles. The van der Waals surface area contributed by atoms with Crippen LogP contribution in [0.25, 0.3) is 0 Å². The second-order valence-corrected chi connectivity index (χ2v) is 3.61. The topological polar surface area (TPSA) is 68.7 Å². The van der Waals surface area contributed by atoms with Crippen molar-refractivity contribution in [2.45, 2.75) is 18.7 Å². The van der Waals surface area contributed by atoms with Gasteiger partial charge in [-0.15, -0.1) is 24.8 Å². The lowest BCUT2D eigenvalue weighted by atomic mass is 10.1. The molecule has 19 heavy (non-hydrogen) atoms. The van der Waals surface area contributed by atoms with Crippen molar-refractivity contribution in [1.82, 2.24) is 4.98 Å².